The van der Waals surface area contributed by atoms with Crippen molar-refractivity contribution in [1.29, 1.82) is 0 Å². The molecule has 1 heterocycles. The number of esters is 1. The third-order valence-electron chi connectivity index (χ3n) is 3.99. The number of sulfonamides is 1. The molecule has 1 atom stereocenters. The molecule has 1 aliphatic heterocycles. The third kappa shape index (κ3) is 2.89. The van der Waals surface area contributed by atoms with Crippen molar-refractivity contribution in [2.24, 2.45) is 0 Å². The molecule has 3 rings (SSSR count). The standard InChI is InChI=1S/C17H16BrNO5S/c1-2-24-16(20)17(21)14-5-3-4-6-15(14)25(22,23)19(17)11-12-7-9-13(18)10-8-12/h3-10,21H,2,11H2,1H3. The van der Waals surface area contributed by atoms with Gasteiger partial charge in [-0.2, -0.15) is 0 Å². The number of benzene rings is 2. The number of hydrogen-bond donors (Lipinski definition) is 1. The second-order valence-electron chi connectivity index (χ2n) is 5.53. The lowest BCUT2D eigenvalue weighted by Crippen LogP contribution is -2.50. The number of carbonyl (C=O) groups is 1. The summed E-state index contributed by atoms with van der Waals surface area (Å²) in [6, 6.07) is 12.9. The fourth-order valence-corrected chi connectivity index (χ4v) is 4.89. The number of halogens is 1. The molecule has 1 aliphatic rings. The van der Waals surface area contributed by atoms with Crippen molar-refractivity contribution in [3.05, 3.63) is 64.1 Å². The van der Waals surface area contributed by atoms with Gasteiger partial charge in [-0.3, -0.25) is 0 Å². The first-order valence-corrected chi connectivity index (χ1v) is 9.81. The van der Waals surface area contributed by atoms with Crippen LogP contribution in [0.2, 0.25) is 0 Å². The molecule has 0 spiro atoms. The minimum atomic E-state index is -4.05. The average molecular weight is 426 g/mol. The van der Waals surface area contributed by atoms with Crippen molar-refractivity contribution in [2.45, 2.75) is 24.1 Å². The van der Waals surface area contributed by atoms with E-state index in [1.54, 1.807) is 43.3 Å². The molecule has 132 valence electrons. The Balaban J connectivity index is 2.14. The summed E-state index contributed by atoms with van der Waals surface area (Å²) in [4.78, 5) is 12.4. The Kier molecular flexibility index (Phi) is 4.72. The SMILES string of the molecule is CCOC(=O)C1(O)c2ccccc2S(=O)(=O)N1Cc1ccc(Br)cc1. The topological polar surface area (TPSA) is 83.9 Å². The fraction of sp³-hybridized carbons (Fsp3) is 0.235. The van der Waals surface area contributed by atoms with Crippen molar-refractivity contribution in [3.63, 3.8) is 0 Å². The molecule has 1 N–H and O–H groups in total. The van der Waals surface area contributed by atoms with Gasteiger partial charge in [-0.25, -0.2) is 13.2 Å². The second kappa shape index (κ2) is 6.53. The third-order valence-corrected chi connectivity index (χ3v) is 6.41. The highest BCUT2D eigenvalue weighted by molar-refractivity contribution is 9.10. The second-order valence-corrected chi connectivity index (χ2v) is 8.27. The number of aliphatic hydroxyl groups is 1. The maximum absolute atomic E-state index is 12.9. The van der Waals surface area contributed by atoms with Crippen LogP contribution in [0.1, 0.15) is 18.1 Å². The molecule has 2 aromatic rings. The Morgan fingerprint density at radius 3 is 2.48 bits per heavy atom. The molecule has 0 amide bonds. The number of carbonyl (C=O) groups excluding carboxylic acids is 1. The van der Waals surface area contributed by atoms with Gasteiger partial charge in [0.2, 0.25) is 10.0 Å². The number of nitrogens with zero attached hydrogens (tertiary/aromatic N) is 1. The lowest BCUT2D eigenvalue weighted by atomic mass is 10.0. The van der Waals surface area contributed by atoms with Crippen LogP contribution in [-0.2, 0) is 31.8 Å². The Morgan fingerprint density at radius 2 is 1.84 bits per heavy atom. The van der Waals surface area contributed by atoms with Crippen molar-refractivity contribution < 1.29 is 23.1 Å². The maximum atomic E-state index is 12.9. The Bertz CT molecular complexity index is 913. The average Bonchev–Trinajstić information content (AvgIpc) is 2.77. The van der Waals surface area contributed by atoms with Gasteiger partial charge in [0.25, 0.3) is 5.72 Å². The van der Waals surface area contributed by atoms with Crippen LogP contribution >= 0.6 is 15.9 Å². The van der Waals surface area contributed by atoms with E-state index < -0.39 is 21.7 Å². The zero-order chi connectivity index (χ0) is 18.2. The zero-order valence-corrected chi connectivity index (χ0v) is 15.7. The molecule has 0 radical (unpaired) electrons. The smallest absolute Gasteiger partial charge is 0.360 e. The number of fused-ring (bicyclic) bond motifs is 1. The van der Waals surface area contributed by atoms with Crippen LogP contribution in [0, 0.1) is 0 Å². The molecule has 0 saturated heterocycles. The molecule has 0 bridgehead atoms. The fourth-order valence-electron chi connectivity index (χ4n) is 2.81. The Hall–Kier alpha value is -1.74. The van der Waals surface area contributed by atoms with Crippen LogP contribution in [0.5, 0.6) is 0 Å². The molecule has 6 nitrogen and oxygen atoms in total. The first kappa shape index (κ1) is 18.1. The van der Waals surface area contributed by atoms with E-state index in [-0.39, 0.29) is 23.6 Å². The highest BCUT2D eigenvalue weighted by Gasteiger charge is 2.59. The molecular formula is C17H16BrNO5S. The lowest BCUT2D eigenvalue weighted by molar-refractivity contribution is -0.181. The summed E-state index contributed by atoms with van der Waals surface area (Å²) >= 11 is 3.31. The molecule has 0 saturated carbocycles. The first-order chi connectivity index (χ1) is 11.8. The summed E-state index contributed by atoms with van der Waals surface area (Å²) in [5.41, 5.74) is -1.76. The molecule has 2 aromatic carbocycles. The van der Waals surface area contributed by atoms with Gasteiger partial charge >= 0.3 is 5.97 Å². The van der Waals surface area contributed by atoms with Gasteiger partial charge in [0, 0.05) is 16.6 Å². The van der Waals surface area contributed by atoms with Gasteiger partial charge in [0.15, 0.2) is 0 Å². The summed E-state index contributed by atoms with van der Waals surface area (Å²) < 4.78 is 32.4. The highest BCUT2D eigenvalue weighted by atomic mass is 79.9. The van der Waals surface area contributed by atoms with E-state index in [2.05, 4.69) is 15.9 Å². The van der Waals surface area contributed by atoms with Gasteiger partial charge in [0.05, 0.1) is 11.5 Å². The van der Waals surface area contributed by atoms with Gasteiger partial charge < -0.3 is 9.84 Å². The number of rotatable bonds is 4. The van der Waals surface area contributed by atoms with Gasteiger partial charge in [-0.05, 0) is 30.7 Å². The minimum absolute atomic E-state index is 0.00515. The van der Waals surface area contributed by atoms with Crippen LogP contribution in [0.3, 0.4) is 0 Å². The number of hydrogen-bond acceptors (Lipinski definition) is 5. The summed E-state index contributed by atoms with van der Waals surface area (Å²) in [6.45, 7) is 1.45. The zero-order valence-electron chi connectivity index (χ0n) is 13.3. The van der Waals surface area contributed by atoms with E-state index in [4.69, 9.17) is 4.74 Å². The predicted octanol–water partition coefficient (Wildman–Crippen LogP) is 2.36. The van der Waals surface area contributed by atoms with E-state index in [9.17, 15) is 18.3 Å². The van der Waals surface area contributed by atoms with E-state index in [0.29, 0.717) is 5.56 Å². The lowest BCUT2D eigenvalue weighted by Gasteiger charge is -2.30. The molecule has 0 aliphatic carbocycles. The molecular weight excluding hydrogens is 410 g/mol. The van der Waals surface area contributed by atoms with E-state index in [0.717, 1.165) is 8.78 Å². The van der Waals surface area contributed by atoms with Crippen LogP contribution < -0.4 is 0 Å². The summed E-state index contributed by atoms with van der Waals surface area (Å²) in [5.74, 6) is -1.01. The summed E-state index contributed by atoms with van der Waals surface area (Å²) in [5, 5.41) is 11.1. The largest absolute Gasteiger partial charge is 0.463 e. The minimum Gasteiger partial charge on any atom is -0.463 e. The van der Waals surface area contributed by atoms with Crippen LogP contribution in [0.25, 0.3) is 0 Å². The van der Waals surface area contributed by atoms with E-state index >= 15 is 0 Å². The van der Waals surface area contributed by atoms with Crippen molar-refractivity contribution in [2.75, 3.05) is 6.61 Å². The molecule has 8 heteroatoms. The monoisotopic (exact) mass is 425 g/mol. The first-order valence-electron chi connectivity index (χ1n) is 7.58. The van der Waals surface area contributed by atoms with Gasteiger partial charge in [-0.15, -0.1) is 4.31 Å². The normalized spacial score (nSPS) is 21.7. The van der Waals surface area contributed by atoms with Crippen LogP contribution in [-0.4, -0.2) is 30.4 Å². The highest BCUT2D eigenvalue weighted by Crippen LogP contribution is 2.44. The summed E-state index contributed by atoms with van der Waals surface area (Å²) in [6.07, 6.45) is 0. The van der Waals surface area contributed by atoms with E-state index in [1.165, 1.54) is 12.1 Å². The maximum Gasteiger partial charge on any atom is 0.360 e. The quantitative estimate of drug-likeness (QED) is 0.759. The predicted molar refractivity (Wildman–Crippen MR) is 93.8 cm³/mol. The van der Waals surface area contributed by atoms with Crippen molar-refractivity contribution >= 4 is 31.9 Å². The Labute approximate surface area is 154 Å². The molecule has 0 aromatic heterocycles. The summed E-state index contributed by atoms with van der Waals surface area (Å²) in [7, 11) is -4.05. The molecule has 1 unspecified atom stereocenters. The van der Waals surface area contributed by atoms with Crippen LogP contribution in [0.4, 0.5) is 0 Å². The van der Waals surface area contributed by atoms with Crippen LogP contribution in [0.15, 0.2) is 57.9 Å². The number of ether oxygens (including phenoxy) is 1. The van der Waals surface area contributed by atoms with Crippen molar-refractivity contribution in [1.82, 2.24) is 4.31 Å². The molecule has 0 fully saturated rings. The Morgan fingerprint density at radius 1 is 1.20 bits per heavy atom. The van der Waals surface area contributed by atoms with Gasteiger partial charge in [-0.1, -0.05) is 46.3 Å². The van der Waals surface area contributed by atoms with E-state index in [1.807, 2.05) is 0 Å². The molecule has 25 heavy (non-hydrogen) atoms. The van der Waals surface area contributed by atoms with Crippen molar-refractivity contribution in [3.8, 4) is 0 Å². The van der Waals surface area contributed by atoms with Gasteiger partial charge in [0.1, 0.15) is 0 Å².